The SMILES string of the molecule is CC(Oc1ccc(F)cc1Br)C(=O)NCCCCN1CCCCC1C. The third-order valence-electron chi connectivity index (χ3n) is 4.68. The number of amides is 1. The van der Waals surface area contributed by atoms with E-state index in [1.807, 2.05) is 0 Å². The maximum Gasteiger partial charge on any atom is 0.260 e. The fraction of sp³-hybridized carbons (Fsp3) is 0.632. The average Bonchev–Trinajstić information content (AvgIpc) is 2.58. The number of rotatable bonds is 8. The van der Waals surface area contributed by atoms with Crippen LogP contribution in [0.5, 0.6) is 5.75 Å². The Balaban J connectivity index is 1.64. The summed E-state index contributed by atoms with van der Waals surface area (Å²) in [4.78, 5) is 14.7. The molecule has 6 heteroatoms. The molecule has 0 bridgehead atoms. The van der Waals surface area contributed by atoms with Crippen molar-refractivity contribution in [2.45, 2.75) is 58.1 Å². The fourth-order valence-electron chi connectivity index (χ4n) is 3.10. The van der Waals surface area contributed by atoms with Gasteiger partial charge >= 0.3 is 0 Å². The minimum atomic E-state index is -0.621. The molecule has 2 atom stereocenters. The molecule has 0 spiro atoms. The van der Waals surface area contributed by atoms with Gasteiger partial charge in [-0.15, -0.1) is 0 Å². The molecule has 1 aliphatic heterocycles. The minimum absolute atomic E-state index is 0.150. The zero-order valence-corrected chi connectivity index (χ0v) is 16.6. The number of carbonyl (C=O) groups excluding carboxylic acids is 1. The van der Waals surface area contributed by atoms with E-state index in [-0.39, 0.29) is 11.7 Å². The number of piperidine rings is 1. The number of unbranched alkanes of at least 4 members (excludes halogenated alkanes) is 1. The van der Waals surface area contributed by atoms with Crippen molar-refractivity contribution in [1.82, 2.24) is 10.2 Å². The minimum Gasteiger partial charge on any atom is -0.480 e. The quantitative estimate of drug-likeness (QED) is 0.650. The third kappa shape index (κ3) is 6.59. The lowest BCUT2D eigenvalue weighted by Gasteiger charge is -2.33. The van der Waals surface area contributed by atoms with E-state index < -0.39 is 6.10 Å². The molecule has 0 radical (unpaired) electrons. The van der Waals surface area contributed by atoms with Gasteiger partial charge in [-0.2, -0.15) is 0 Å². The van der Waals surface area contributed by atoms with E-state index in [4.69, 9.17) is 4.74 Å². The third-order valence-corrected chi connectivity index (χ3v) is 5.30. The van der Waals surface area contributed by atoms with Gasteiger partial charge in [-0.05, 0) is 86.7 Å². The smallest absolute Gasteiger partial charge is 0.260 e. The Labute approximate surface area is 158 Å². The number of nitrogens with one attached hydrogen (secondary N) is 1. The van der Waals surface area contributed by atoms with Crippen LogP contribution in [0.15, 0.2) is 22.7 Å². The number of halogens is 2. The highest BCUT2D eigenvalue weighted by molar-refractivity contribution is 9.10. The number of hydrogen-bond donors (Lipinski definition) is 1. The molecule has 1 amide bonds. The molecule has 25 heavy (non-hydrogen) atoms. The predicted molar refractivity (Wildman–Crippen MR) is 101 cm³/mol. The lowest BCUT2D eigenvalue weighted by Crippen LogP contribution is -2.39. The summed E-state index contributed by atoms with van der Waals surface area (Å²) in [6.07, 6.45) is 5.37. The van der Waals surface area contributed by atoms with Gasteiger partial charge in [0.2, 0.25) is 0 Å². The lowest BCUT2D eigenvalue weighted by atomic mass is 10.0. The molecule has 0 aromatic heterocycles. The first-order chi connectivity index (χ1) is 12.0. The van der Waals surface area contributed by atoms with E-state index in [0.717, 1.165) is 19.4 Å². The Morgan fingerprint density at radius 2 is 2.24 bits per heavy atom. The lowest BCUT2D eigenvalue weighted by molar-refractivity contribution is -0.127. The van der Waals surface area contributed by atoms with E-state index in [0.29, 0.717) is 22.8 Å². The first-order valence-corrected chi connectivity index (χ1v) is 9.90. The van der Waals surface area contributed by atoms with E-state index in [1.165, 1.54) is 44.0 Å². The molecule has 1 heterocycles. The van der Waals surface area contributed by atoms with Gasteiger partial charge in [0.05, 0.1) is 4.47 Å². The van der Waals surface area contributed by atoms with Crippen LogP contribution in [-0.2, 0) is 4.79 Å². The maximum absolute atomic E-state index is 13.1. The molecule has 2 unspecified atom stereocenters. The van der Waals surface area contributed by atoms with E-state index in [9.17, 15) is 9.18 Å². The Hall–Kier alpha value is -1.14. The Morgan fingerprint density at radius 1 is 1.44 bits per heavy atom. The standard InChI is InChI=1S/C19H28BrFN2O2/c1-14-7-3-5-11-23(14)12-6-4-10-22-19(24)15(2)25-18-9-8-16(21)13-17(18)20/h8-9,13-15H,3-7,10-12H2,1-2H3,(H,22,24). The molecular formula is C19H28BrFN2O2. The normalized spacial score (nSPS) is 19.4. The second kappa shape index (κ2) is 10.1. The second-order valence-corrected chi connectivity index (χ2v) is 7.57. The molecule has 1 aromatic rings. The van der Waals surface area contributed by atoms with Gasteiger partial charge < -0.3 is 15.0 Å². The van der Waals surface area contributed by atoms with E-state index >= 15 is 0 Å². The number of ether oxygens (including phenoxy) is 1. The Kier molecular flexibility index (Phi) is 8.16. The van der Waals surface area contributed by atoms with Crippen molar-refractivity contribution in [3.05, 3.63) is 28.5 Å². The van der Waals surface area contributed by atoms with Crippen LogP contribution >= 0.6 is 15.9 Å². The highest BCUT2D eigenvalue weighted by atomic mass is 79.9. The maximum atomic E-state index is 13.1. The zero-order chi connectivity index (χ0) is 18.2. The molecule has 1 fully saturated rings. The van der Waals surface area contributed by atoms with Crippen LogP contribution in [0.1, 0.15) is 46.0 Å². The molecule has 0 aliphatic carbocycles. The van der Waals surface area contributed by atoms with Gasteiger partial charge in [0.15, 0.2) is 6.10 Å². The number of carbonyl (C=O) groups is 1. The van der Waals surface area contributed by atoms with Crippen LogP contribution in [0.4, 0.5) is 4.39 Å². The summed E-state index contributed by atoms with van der Waals surface area (Å²) in [5.41, 5.74) is 0. The monoisotopic (exact) mass is 414 g/mol. The number of benzene rings is 1. The first-order valence-electron chi connectivity index (χ1n) is 9.11. The molecule has 2 rings (SSSR count). The highest BCUT2D eigenvalue weighted by Crippen LogP contribution is 2.26. The molecule has 4 nitrogen and oxygen atoms in total. The van der Waals surface area contributed by atoms with Crippen LogP contribution < -0.4 is 10.1 Å². The van der Waals surface area contributed by atoms with Crippen molar-refractivity contribution in [2.75, 3.05) is 19.6 Å². The molecule has 1 saturated heterocycles. The topological polar surface area (TPSA) is 41.6 Å². The summed E-state index contributed by atoms with van der Waals surface area (Å²) >= 11 is 3.24. The van der Waals surface area contributed by atoms with Crippen molar-refractivity contribution in [3.8, 4) is 5.75 Å². The summed E-state index contributed by atoms with van der Waals surface area (Å²) in [6.45, 7) is 6.95. The fourth-order valence-corrected chi connectivity index (χ4v) is 3.54. The molecule has 140 valence electrons. The van der Waals surface area contributed by atoms with Crippen LogP contribution in [0, 0.1) is 5.82 Å². The van der Waals surface area contributed by atoms with Crippen LogP contribution in [-0.4, -0.2) is 42.6 Å². The summed E-state index contributed by atoms with van der Waals surface area (Å²) in [6, 6.07) is 4.84. The summed E-state index contributed by atoms with van der Waals surface area (Å²) in [5.74, 6) is -0.0370. The van der Waals surface area contributed by atoms with Crippen molar-refractivity contribution in [2.24, 2.45) is 0 Å². The van der Waals surface area contributed by atoms with Gasteiger partial charge in [-0.3, -0.25) is 4.79 Å². The van der Waals surface area contributed by atoms with E-state index in [1.54, 1.807) is 6.92 Å². The van der Waals surface area contributed by atoms with Crippen molar-refractivity contribution in [1.29, 1.82) is 0 Å². The van der Waals surface area contributed by atoms with Gasteiger partial charge in [0, 0.05) is 12.6 Å². The number of hydrogen-bond acceptors (Lipinski definition) is 3. The van der Waals surface area contributed by atoms with Crippen molar-refractivity contribution in [3.63, 3.8) is 0 Å². The van der Waals surface area contributed by atoms with Gasteiger partial charge in [-0.25, -0.2) is 4.39 Å². The Bertz CT molecular complexity index is 570. The largest absolute Gasteiger partial charge is 0.480 e. The van der Waals surface area contributed by atoms with Crippen LogP contribution in [0.25, 0.3) is 0 Å². The average molecular weight is 415 g/mol. The van der Waals surface area contributed by atoms with Gasteiger partial charge in [0.25, 0.3) is 5.91 Å². The molecule has 1 N–H and O–H groups in total. The van der Waals surface area contributed by atoms with Gasteiger partial charge in [-0.1, -0.05) is 6.42 Å². The summed E-state index contributed by atoms with van der Waals surface area (Å²) in [7, 11) is 0. The highest BCUT2D eigenvalue weighted by Gasteiger charge is 2.18. The molecule has 1 aliphatic rings. The number of likely N-dealkylation sites (tertiary alicyclic amines) is 1. The van der Waals surface area contributed by atoms with Crippen molar-refractivity contribution < 1.29 is 13.9 Å². The van der Waals surface area contributed by atoms with Crippen LogP contribution in [0.3, 0.4) is 0 Å². The summed E-state index contributed by atoms with van der Waals surface area (Å²) in [5, 5.41) is 2.91. The van der Waals surface area contributed by atoms with E-state index in [2.05, 4.69) is 33.1 Å². The predicted octanol–water partition coefficient (Wildman–Crippen LogP) is 4.13. The first kappa shape index (κ1) is 20.2. The second-order valence-electron chi connectivity index (χ2n) is 6.71. The Morgan fingerprint density at radius 3 is 2.96 bits per heavy atom. The summed E-state index contributed by atoms with van der Waals surface area (Å²) < 4.78 is 19.2. The van der Waals surface area contributed by atoms with Crippen LogP contribution in [0.2, 0.25) is 0 Å². The zero-order valence-electron chi connectivity index (χ0n) is 15.1. The van der Waals surface area contributed by atoms with Crippen molar-refractivity contribution >= 4 is 21.8 Å². The van der Waals surface area contributed by atoms with Gasteiger partial charge in [0.1, 0.15) is 11.6 Å². The molecular weight excluding hydrogens is 387 g/mol. The molecule has 0 saturated carbocycles. The molecule has 1 aromatic carbocycles. The number of nitrogens with zero attached hydrogens (tertiary/aromatic N) is 1.